The van der Waals surface area contributed by atoms with Crippen molar-refractivity contribution in [3.05, 3.63) is 65.7 Å². The van der Waals surface area contributed by atoms with Gasteiger partial charge in [0.05, 0.1) is 16.4 Å². The van der Waals surface area contributed by atoms with Gasteiger partial charge in [-0.1, -0.05) is 42.5 Å². The predicted molar refractivity (Wildman–Crippen MR) is 117 cm³/mol. The molecule has 2 aromatic rings. The summed E-state index contributed by atoms with van der Waals surface area (Å²) in [5.74, 6) is -1.66. The van der Waals surface area contributed by atoms with Gasteiger partial charge in [0.25, 0.3) is 5.91 Å². The molecule has 0 atom stereocenters. The molecule has 1 aliphatic rings. The van der Waals surface area contributed by atoms with E-state index in [-0.39, 0.29) is 31.8 Å². The molecule has 1 aliphatic heterocycles. The zero-order valence-corrected chi connectivity index (χ0v) is 19.3. The minimum Gasteiger partial charge on any atom is -0.455 e. The summed E-state index contributed by atoms with van der Waals surface area (Å²) >= 11 is 0. The normalized spacial score (nSPS) is 15.6. The average molecular weight is 499 g/mol. The van der Waals surface area contributed by atoms with Crippen molar-refractivity contribution in [2.75, 3.05) is 26.7 Å². The first-order valence-corrected chi connectivity index (χ1v) is 12.0. The van der Waals surface area contributed by atoms with Crippen molar-refractivity contribution < 1.29 is 35.9 Å². The van der Waals surface area contributed by atoms with Crippen LogP contribution in [0.15, 0.2) is 59.5 Å². The van der Waals surface area contributed by atoms with E-state index in [1.807, 2.05) is 30.3 Å². The van der Waals surface area contributed by atoms with E-state index < -0.39 is 45.2 Å². The van der Waals surface area contributed by atoms with E-state index in [2.05, 4.69) is 0 Å². The molecule has 1 saturated heterocycles. The standard InChI is InChI=1S/C23H25F3N2O5S/c1-27(15-17-7-3-2-4-8-17)21(29)16-33-22(30)18-11-13-28(14-12-18)34(31,32)20-10-6-5-9-19(20)23(24,25)26/h2-10,18H,11-16H2,1H3. The third-order valence-corrected chi connectivity index (χ3v) is 7.58. The van der Waals surface area contributed by atoms with Gasteiger partial charge in [-0.3, -0.25) is 9.59 Å². The third kappa shape index (κ3) is 6.15. The number of halogens is 3. The van der Waals surface area contributed by atoms with E-state index in [1.165, 1.54) is 11.0 Å². The van der Waals surface area contributed by atoms with Gasteiger partial charge in [-0.15, -0.1) is 0 Å². The molecule has 0 bridgehead atoms. The van der Waals surface area contributed by atoms with Crippen LogP contribution in [0.5, 0.6) is 0 Å². The molecule has 1 fully saturated rings. The molecule has 0 aliphatic carbocycles. The van der Waals surface area contributed by atoms with Crippen LogP contribution in [-0.2, 0) is 37.1 Å². The summed E-state index contributed by atoms with van der Waals surface area (Å²) in [4.78, 5) is 25.3. The number of benzene rings is 2. The van der Waals surface area contributed by atoms with E-state index in [4.69, 9.17) is 4.74 Å². The molecule has 0 spiro atoms. The quantitative estimate of drug-likeness (QED) is 0.547. The molecular formula is C23H25F3N2O5S. The molecule has 0 unspecified atom stereocenters. The first kappa shape index (κ1) is 25.7. The van der Waals surface area contributed by atoms with Crippen LogP contribution < -0.4 is 0 Å². The van der Waals surface area contributed by atoms with Gasteiger partial charge < -0.3 is 9.64 Å². The number of esters is 1. The number of hydrogen-bond donors (Lipinski definition) is 0. The molecule has 11 heteroatoms. The summed E-state index contributed by atoms with van der Waals surface area (Å²) in [6.45, 7) is -0.348. The zero-order chi connectivity index (χ0) is 24.9. The van der Waals surface area contributed by atoms with E-state index in [9.17, 15) is 31.2 Å². The average Bonchev–Trinajstić information content (AvgIpc) is 2.82. The number of ether oxygens (including phenoxy) is 1. The lowest BCUT2D eigenvalue weighted by Crippen LogP contribution is -2.41. The first-order valence-electron chi connectivity index (χ1n) is 10.6. The number of rotatable bonds is 7. The van der Waals surface area contributed by atoms with Gasteiger partial charge in [0, 0.05) is 26.7 Å². The molecule has 0 aromatic heterocycles. The maximum atomic E-state index is 13.3. The number of piperidine rings is 1. The molecule has 1 heterocycles. The van der Waals surface area contributed by atoms with Crippen LogP contribution in [0.4, 0.5) is 13.2 Å². The van der Waals surface area contributed by atoms with Gasteiger partial charge in [0.2, 0.25) is 10.0 Å². The minimum atomic E-state index is -4.81. The van der Waals surface area contributed by atoms with Crippen molar-refractivity contribution in [2.45, 2.75) is 30.5 Å². The number of amides is 1. The highest BCUT2D eigenvalue weighted by Gasteiger charge is 2.40. The van der Waals surface area contributed by atoms with Crippen molar-refractivity contribution in [3.63, 3.8) is 0 Å². The third-order valence-electron chi connectivity index (χ3n) is 5.62. The SMILES string of the molecule is CN(Cc1ccccc1)C(=O)COC(=O)C1CCN(S(=O)(=O)c2ccccc2C(F)(F)F)CC1. The topological polar surface area (TPSA) is 84.0 Å². The van der Waals surface area contributed by atoms with Crippen LogP contribution in [0.3, 0.4) is 0 Å². The number of carbonyl (C=O) groups excluding carboxylic acids is 2. The molecule has 0 N–H and O–H groups in total. The molecular weight excluding hydrogens is 473 g/mol. The maximum absolute atomic E-state index is 13.3. The monoisotopic (exact) mass is 498 g/mol. The molecule has 3 rings (SSSR count). The second-order valence-electron chi connectivity index (χ2n) is 8.02. The largest absolute Gasteiger partial charge is 0.455 e. The number of carbonyl (C=O) groups is 2. The summed E-state index contributed by atoms with van der Waals surface area (Å²) in [6.07, 6.45) is -4.65. The van der Waals surface area contributed by atoms with E-state index in [0.717, 1.165) is 28.1 Å². The lowest BCUT2D eigenvalue weighted by Gasteiger charge is -2.30. The number of likely N-dealkylation sites (N-methyl/N-ethyl adjacent to an activating group) is 1. The second kappa shape index (κ2) is 10.6. The summed E-state index contributed by atoms with van der Waals surface area (Å²) in [6, 6.07) is 13.3. The number of nitrogens with zero attached hydrogens (tertiary/aromatic N) is 2. The van der Waals surface area contributed by atoms with Crippen molar-refractivity contribution in [1.82, 2.24) is 9.21 Å². The van der Waals surface area contributed by atoms with Crippen LogP contribution in [0.1, 0.15) is 24.0 Å². The Kier molecular flexibility index (Phi) is 7.98. The predicted octanol–water partition coefficient (Wildman–Crippen LogP) is 3.31. The highest BCUT2D eigenvalue weighted by molar-refractivity contribution is 7.89. The Morgan fingerprint density at radius 1 is 1.03 bits per heavy atom. The Morgan fingerprint density at radius 2 is 1.62 bits per heavy atom. The molecule has 184 valence electrons. The van der Waals surface area contributed by atoms with E-state index >= 15 is 0 Å². The Morgan fingerprint density at radius 3 is 2.24 bits per heavy atom. The van der Waals surface area contributed by atoms with Gasteiger partial charge in [-0.25, -0.2) is 8.42 Å². The number of hydrogen-bond acceptors (Lipinski definition) is 5. The summed E-state index contributed by atoms with van der Waals surface area (Å²) in [5.41, 5.74) is -0.306. The van der Waals surface area contributed by atoms with Crippen LogP contribution >= 0.6 is 0 Å². The van der Waals surface area contributed by atoms with Crippen molar-refractivity contribution in [2.24, 2.45) is 5.92 Å². The summed E-state index contributed by atoms with van der Waals surface area (Å²) in [5, 5.41) is 0. The fraction of sp³-hybridized carbons (Fsp3) is 0.391. The molecule has 0 radical (unpaired) electrons. The van der Waals surface area contributed by atoms with Gasteiger partial charge in [0.15, 0.2) is 6.61 Å². The smallest absolute Gasteiger partial charge is 0.417 e. The lowest BCUT2D eigenvalue weighted by molar-refractivity contribution is -0.156. The maximum Gasteiger partial charge on any atom is 0.417 e. The van der Waals surface area contributed by atoms with Crippen LogP contribution in [-0.4, -0.2) is 56.2 Å². The molecule has 2 aromatic carbocycles. The highest BCUT2D eigenvalue weighted by atomic mass is 32.2. The van der Waals surface area contributed by atoms with Gasteiger partial charge in [0.1, 0.15) is 0 Å². The van der Waals surface area contributed by atoms with E-state index in [1.54, 1.807) is 7.05 Å². The van der Waals surface area contributed by atoms with Crippen LogP contribution in [0, 0.1) is 5.92 Å². The molecule has 34 heavy (non-hydrogen) atoms. The van der Waals surface area contributed by atoms with Gasteiger partial charge >= 0.3 is 12.1 Å². The fourth-order valence-electron chi connectivity index (χ4n) is 3.70. The van der Waals surface area contributed by atoms with Gasteiger partial charge in [-0.2, -0.15) is 17.5 Å². The van der Waals surface area contributed by atoms with Crippen molar-refractivity contribution in [3.8, 4) is 0 Å². The van der Waals surface area contributed by atoms with Gasteiger partial charge in [-0.05, 0) is 30.5 Å². The number of alkyl halides is 3. The minimum absolute atomic E-state index is 0.0836. The molecule has 1 amide bonds. The number of sulfonamides is 1. The molecule has 0 saturated carbocycles. The van der Waals surface area contributed by atoms with Crippen molar-refractivity contribution in [1.29, 1.82) is 0 Å². The Balaban J connectivity index is 1.53. The summed E-state index contributed by atoms with van der Waals surface area (Å²) < 4.78 is 71.5. The summed E-state index contributed by atoms with van der Waals surface area (Å²) in [7, 11) is -2.80. The second-order valence-corrected chi connectivity index (χ2v) is 9.92. The lowest BCUT2D eigenvalue weighted by atomic mass is 9.98. The van der Waals surface area contributed by atoms with Crippen LogP contribution in [0.2, 0.25) is 0 Å². The fourth-order valence-corrected chi connectivity index (χ4v) is 5.39. The Bertz CT molecular complexity index is 1110. The van der Waals surface area contributed by atoms with Crippen LogP contribution in [0.25, 0.3) is 0 Å². The Hall–Kier alpha value is -2.92. The van der Waals surface area contributed by atoms with Crippen molar-refractivity contribution >= 4 is 21.9 Å². The Labute approximate surface area is 196 Å². The zero-order valence-electron chi connectivity index (χ0n) is 18.5. The van der Waals surface area contributed by atoms with E-state index in [0.29, 0.717) is 6.54 Å². The molecule has 7 nitrogen and oxygen atoms in total. The first-order chi connectivity index (χ1) is 16.0. The highest BCUT2D eigenvalue weighted by Crippen LogP contribution is 2.36.